The van der Waals surface area contributed by atoms with Gasteiger partial charge in [0.15, 0.2) is 0 Å². The minimum atomic E-state index is 0.0147. The highest BCUT2D eigenvalue weighted by Crippen LogP contribution is 2.33. The molecule has 2 aromatic heterocycles. The van der Waals surface area contributed by atoms with Crippen molar-refractivity contribution >= 4 is 50.0 Å². The number of hydrogen-bond acceptors (Lipinski definition) is 3. The van der Waals surface area contributed by atoms with Crippen molar-refractivity contribution in [1.82, 2.24) is 14.8 Å². The van der Waals surface area contributed by atoms with Crippen LogP contribution in [0.1, 0.15) is 33.8 Å². The fourth-order valence-corrected chi connectivity index (χ4v) is 5.69. The molecule has 29 heavy (non-hydrogen) atoms. The molecule has 0 bridgehead atoms. The standard InChI is InChI=1S/C22H22BrN3O2S/c23-17-4-1-3-15-16-13-26(11-8-18(16)24-20(15)17)21(27)14-6-9-25(10-7-14)22(28)19-5-2-12-29-19/h1-5,12,14,24H,6-11,13H2. The third-order valence-corrected chi connectivity index (χ3v) is 7.65. The molecule has 1 fully saturated rings. The zero-order valence-corrected chi connectivity index (χ0v) is 18.4. The van der Waals surface area contributed by atoms with E-state index in [1.54, 1.807) is 0 Å². The van der Waals surface area contributed by atoms with Crippen LogP contribution in [0.25, 0.3) is 10.9 Å². The van der Waals surface area contributed by atoms with E-state index in [1.807, 2.05) is 39.4 Å². The van der Waals surface area contributed by atoms with Gasteiger partial charge < -0.3 is 14.8 Å². The summed E-state index contributed by atoms with van der Waals surface area (Å²) >= 11 is 5.10. The van der Waals surface area contributed by atoms with Crippen LogP contribution >= 0.6 is 27.3 Å². The molecule has 0 unspecified atom stereocenters. The highest BCUT2D eigenvalue weighted by molar-refractivity contribution is 9.10. The van der Waals surface area contributed by atoms with Crippen LogP contribution in [0.15, 0.2) is 40.2 Å². The number of carbonyl (C=O) groups is 2. The predicted molar refractivity (Wildman–Crippen MR) is 118 cm³/mol. The van der Waals surface area contributed by atoms with Crippen molar-refractivity contribution in [2.75, 3.05) is 19.6 Å². The number of piperidine rings is 1. The maximum absolute atomic E-state index is 13.2. The smallest absolute Gasteiger partial charge is 0.263 e. The summed E-state index contributed by atoms with van der Waals surface area (Å²) < 4.78 is 1.06. The van der Waals surface area contributed by atoms with Gasteiger partial charge in [0.05, 0.1) is 10.4 Å². The number of aromatic nitrogens is 1. The van der Waals surface area contributed by atoms with Crippen molar-refractivity contribution in [3.8, 4) is 0 Å². The zero-order chi connectivity index (χ0) is 20.0. The van der Waals surface area contributed by atoms with E-state index in [0.29, 0.717) is 19.6 Å². The van der Waals surface area contributed by atoms with Crippen molar-refractivity contribution in [1.29, 1.82) is 0 Å². The molecule has 4 heterocycles. The number of para-hydroxylation sites is 1. The lowest BCUT2D eigenvalue weighted by Crippen LogP contribution is -2.45. The minimum absolute atomic E-state index is 0.0147. The number of rotatable bonds is 2. The van der Waals surface area contributed by atoms with E-state index in [1.165, 1.54) is 28.0 Å². The van der Waals surface area contributed by atoms with Crippen molar-refractivity contribution < 1.29 is 9.59 Å². The van der Waals surface area contributed by atoms with Gasteiger partial charge in [-0.1, -0.05) is 18.2 Å². The average Bonchev–Trinajstić information content (AvgIpc) is 3.41. The Morgan fingerprint density at radius 2 is 1.90 bits per heavy atom. The Hall–Kier alpha value is -2.12. The van der Waals surface area contributed by atoms with E-state index >= 15 is 0 Å². The summed E-state index contributed by atoms with van der Waals surface area (Å²) in [5, 5.41) is 3.13. The molecule has 0 radical (unpaired) electrons. The lowest BCUT2D eigenvalue weighted by atomic mass is 9.93. The topological polar surface area (TPSA) is 56.4 Å². The number of likely N-dealkylation sites (tertiary alicyclic amines) is 1. The van der Waals surface area contributed by atoms with Crippen molar-refractivity contribution in [2.24, 2.45) is 5.92 Å². The van der Waals surface area contributed by atoms with Crippen molar-refractivity contribution in [3.63, 3.8) is 0 Å². The number of H-pyrrole nitrogens is 1. The molecule has 3 aromatic rings. The molecule has 0 atom stereocenters. The summed E-state index contributed by atoms with van der Waals surface area (Å²) in [6.45, 7) is 2.74. The third kappa shape index (κ3) is 3.40. The SMILES string of the molecule is O=C(c1cccs1)N1CCC(C(=O)N2CCc3[nH]c4c(Br)cccc4c3C2)CC1. The van der Waals surface area contributed by atoms with Crippen LogP contribution in [0, 0.1) is 5.92 Å². The Bertz CT molecular complexity index is 1070. The summed E-state index contributed by atoms with van der Waals surface area (Å²) in [5.41, 5.74) is 3.60. The monoisotopic (exact) mass is 471 g/mol. The van der Waals surface area contributed by atoms with Gasteiger partial charge in [-0.05, 0) is 46.3 Å². The summed E-state index contributed by atoms with van der Waals surface area (Å²) in [6.07, 6.45) is 2.36. The average molecular weight is 472 g/mol. The second kappa shape index (κ2) is 7.61. The zero-order valence-electron chi connectivity index (χ0n) is 16.0. The Labute approximate surface area is 181 Å². The Balaban J connectivity index is 1.26. The van der Waals surface area contributed by atoms with Crippen LogP contribution < -0.4 is 0 Å². The number of carbonyl (C=O) groups excluding carboxylic acids is 2. The number of aromatic amines is 1. The molecular formula is C22H22BrN3O2S. The van der Waals surface area contributed by atoms with Crippen LogP contribution in [0.4, 0.5) is 0 Å². The Kier molecular flexibility index (Phi) is 4.95. The third-order valence-electron chi connectivity index (χ3n) is 6.13. The molecule has 2 amide bonds. The first-order valence-corrected chi connectivity index (χ1v) is 11.7. The lowest BCUT2D eigenvalue weighted by Gasteiger charge is -2.35. The van der Waals surface area contributed by atoms with Crippen LogP contribution in [0.2, 0.25) is 0 Å². The van der Waals surface area contributed by atoms with Gasteiger partial charge in [-0.2, -0.15) is 0 Å². The Morgan fingerprint density at radius 3 is 2.66 bits per heavy atom. The molecule has 2 aliphatic heterocycles. The number of benzene rings is 1. The van der Waals surface area contributed by atoms with E-state index in [2.05, 4.69) is 27.0 Å². The fraction of sp³-hybridized carbons (Fsp3) is 0.364. The molecular weight excluding hydrogens is 450 g/mol. The molecule has 7 heteroatoms. The molecule has 5 rings (SSSR count). The molecule has 0 saturated carbocycles. The number of thiophene rings is 1. The van der Waals surface area contributed by atoms with E-state index < -0.39 is 0 Å². The fourth-order valence-electron chi connectivity index (χ4n) is 4.53. The number of halogens is 1. The van der Waals surface area contributed by atoms with Crippen molar-refractivity contribution in [3.05, 3.63) is 56.3 Å². The van der Waals surface area contributed by atoms with Gasteiger partial charge in [0.1, 0.15) is 0 Å². The first-order chi connectivity index (χ1) is 14.1. The second-order valence-corrected chi connectivity index (χ2v) is 9.60. The maximum Gasteiger partial charge on any atom is 0.263 e. The van der Waals surface area contributed by atoms with Crippen LogP contribution in [0.5, 0.6) is 0 Å². The maximum atomic E-state index is 13.2. The number of hydrogen-bond donors (Lipinski definition) is 1. The lowest BCUT2D eigenvalue weighted by molar-refractivity contribution is -0.137. The van der Waals surface area contributed by atoms with Gasteiger partial charge in [0.2, 0.25) is 5.91 Å². The molecule has 1 N–H and O–H groups in total. The van der Waals surface area contributed by atoms with Gasteiger partial charge in [-0.15, -0.1) is 11.3 Å². The molecule has 150 valence electrons. The van der Waals surface area contributed by atoms with E-state index in [4.69, 9.17) is 0 Å². The summed E-state index contributed by atoms with van der Waals surface area (Å²) in [5.74, 6) is 0.349. The van der Waals surface area contributed by atoms with Crippen LogP contribution in [-0.4, -0.2) is 46.2 Å². The Morgan fingerprint density at radius 1 is 1.07 bits per heavy atom. The summed E-state index contributed by atoms with van der Waals surface area (Å²) in [6, 6.07) is 9.98. The largest absolute Gasteiger partial charge is 0.357 e. The molecule has 0 spiro atoms. The van der Waals surface area contributed by atoms with Crippen LogP contribution in [-0.2, 0) is 17.8 Å². The number of amides is 2. The normalized spacial score (nSPS) is 17.6. The van der Waals surface area contributed by atoms with Crippen molar-refractivity contribution in [2.45, 2.75) is 25.8 Å². The highest BCUT2D eigenvalue weighted by atomic mass is 79.9. The van der Waals surface area contributed by atoms with Crippen LogP contribution in [0.3, 0.4) is 0 Å². The molecule has 1 saturated heterocycles. The van der Waals surface area contributed by atoms with E-state index in [0.717, 1.165) is 40.7 Å². The van der Waals surface area contributed by atoms with E-state index in [-0.39, 0.29) is 17.7 Å². The van der Waals surface area contributed by atoms with Gasteiger partial charge >= 0.3 is 0 Å². The first-order valence-electron chi connectivity index (χ1n) is 10.0. The minimum Gasteiger partial charge on any atom is -0.357 e. The number of nitrogens with zero attached hydrogens (tertiary/aromatic N) is 2. The molecule has 2 aliphatic rings. The van der Waals surface area contributed by atoms with Gasteiger partial charge in [-0.3, -0.25) is 9.59 Å². The molecule has 5 nitrogen and oxygen atoms in total. The van der Waals surface area contributed by atoms with Gasteiger partial charge in [-0.25, -0.2) is 0 Å². The molecule has 0 aliphatic carbocycles. The summed E-state index contributed by atoms with van der Waals surface area (Å²) in [4.78, 5) is 33.9. The highest BCUT2D eigenvalue weighted by Gasteiger charge is 2.33. The van der Waals surface area contributed by atoms with Gasteiger partial charge in [0, 0.05) is 59.6 Å². The first kappa shape index (κ1) is 18.9. The second-order valence-electron chi connectivity index (χ2n) is 7.80. The number of nitrogens with one attached hydrogen (secondary N) is 1. The number of fused-ring (bicyclic) bond motifs is 3. The quantitative estimate of drug-likeness (QED) is 0.600. The van der Waals surface area contributed by atoms with E-state index in [9.17, 15) is 9.59 Å². The van der Waals surface area contributed by atoms with Gasteiger partial charge in [0.25, 0.3) is 5.91 Å². The predicted octanol–water partition coefficient (Wildman–Crippen LogP) is 4.43. The summed E-state index contributed by atoms with van der Waals surface area (Å²) in [7, 11) is 0. The molecule has 1 aromatic carbocycles.